The summed E-state index contributed by atoms with van der Waals surface area (Å²) in [5, 5.41) is 8.51. The Balaban J connectivity index is 2.00. The van der Waals surface area contributed by atoms with Gasteiger partial charge in [0, 0.05) is 12.7 Å². The van der Waals surface area contributed by atoms with Crippen molar-refractivity contribution in [2.24, 2.45) is 5.41 Å². The van der Waals surface area contributed by atoms with Gasteiger partial charge >= 0.3 is 0 Å². The molecule has 0 atom stereocenters. The SMILES string of the molecule is CC(=O)c1cccnc1Oc1ccc2c(nnn2CC(C)(C)C)c1Br. The Labute approximate surface area is 154 Å². The minimum absolute atomic E-state index is 0.0899. The monoisotopic (exact) mass is 402 g/mol. The second-order valence-corrected chi connectivity index (χ2v) is 7.86. The summed E-state index contributed by atoms with van der Waals surface area (Å²) < 4.78 is 8.43. The van der Waals surface area contributed by atoms with Crippen molar-refractivity contribution < 1.29 is 9.53 Å². The molecule has 0 aliphatic carbocycles. The summed E-state index contributed by atoms with van der Waals surface area (Å²) in [7, 11) is 0. The molecule has 0 aliphatic heterocycles. The molecule has 0 aliphatic rings. The van der Waals surface area contributed by atoms with Gasteiger partial charge in [-0.05, 0) is 52.5 Å². The lowest BCUT2D eigenvalue weighted by atomic mass is 9.97. The van der Waals surface area contributed by atoms with Crippen molar-refractivity contribution in [3.63, 3.8) is 0 Å². The Bertz CT molecular complexity index is 944. The number of hydrogen-bond donors (Lipinski definition) is 0. The first kappa shape index (κ1) is 17.5. The van der Waals surface area contributed by atoms with Gasteiger partial charge in [0.2, 0.25) is 5.88 Å². The molecule has 6 nitrogen and oxygen atoms in total. The number of benzene rings is 1. The van der Waals surface area contributed by atoms with Gasteiger partial charge in [0.25, 0.3) is 0 Å². The van der Waals surface area contributed by atoms with Crippen LogP contribution in [0, 0.1) is 5.41 Å². The molecule has 0 fully saturated rings. The minimum atomic E-state index is -0.101. The van der Waals surface area contributed by atoms with Crippen LogP contribution in [0.1, 0.15) is 38.1 Å². The smallest absolute Gasteiger partial charge is 0.230 e. The third-order valence-electron chi connectivity index (χ3n) is 3.57. The van der Waals surface area contributed by atoms with Crippen molar-refractivity contribution in [2.75, 3.05) is 0 Å². The summed E-state index contributed by atoms with van der Waals surface area (Å²) in [6, 6.07) is 7.14. The van der Waals surface area contributed by atoms with E-state index in [1.54, 1.807) is 18.3 Å². The molecular formula is C18H19BrN4O2. The van der Waals surface area contributed by atoms with Crippen LogP contribution in [0.25, 0.3) is 11.0 Å². The fraction of sp³-hybridized carbons (Fsp3) is 0.333. The fourth-order valence-corrected chi connectivity index (χ4v) is 2.97. The second kappa shape index (κ2) is 6.55. The van der Waals surface area contributed by atoms with Gasteiger partial charge in [0.05, 0.1) is 15.6 Å². The number of pyridine rings is 1. The molecule has 0 radical (unpaired) electrons. The number of carbonyl (C=O) groups excluding carboxylic acids is 1. The standard InChI is InChI=1S/C18H19BrN4O2/c1-11(24)12-6-5-9-20-17(12)25-14-8-7-13-16(15(14)19)21-22-23(13)10-18(2,3)4/h5-9H,10H2,1-4H3. The number of rotatable bonds is 4. The van der Waals surface area contributed by atoms with Crippen LogP contribution in [0.5, 0.6) is 11.6 Å². The van der Waals surface area contributed by atoms with E-state index in [2.05, 4.69) is 52.0 Å². The van der Waals surface area contributed by atoms with E-state index in [4.69, 9.17) is 4.74 Å². The zero-order valence-electron chi connectivity index (χ0n) is 14.6. The average Bonchev–Trinajstić information content (AvgIpc) is 2.92. The first-order chi connectivity index (χ1) is 11.8. The molecule has 0 spiro atoms. The lowest BCUT2D eigenvalue weighted by Crippen LogP contribution is -2.16. The predicted octanol–water partition coefficient (Wildman–Crippen LogP) is 4.63. The van der Waals surface area contributed by atoms with Gasteiger partial charge in [-0.25, -0.2) is 9.67 Å². The maximum Gasteiger partial charge on any atom is 0.230 e. The van der Waals surface area contributed by atoms with E-state index in [-0.39, 0.29) is 17.1 Å². The van der Waals surface area contributed by atoms with Gasteiger partial charge in [0.1, 0.15) is 11.3 Å². The highest BCUT2D eigenvalue weighted by atomic mass is 79.9. The van der Waals surface area contributed by atoms with Crippen molar-refractivity contribution in [3.8, 4) is 11.6 Å². The number of aromatic nitrogens is 4. The van der Waals surface area contributed by atoms with Gasteiger partial charge in [-0.3, -0.25) is 4.79 Å². The zero-order valence-corrected chi connectivity index (χ0v) is 16.2. The van der Waals surface area contributed by atoms with Crippen molar-refractivity contribution in [3.05, 3.63) is 40.5 Å². The molecule has 0 saturated carbocycles. The lowest BCUT2D eigenvalue weighted by molar-refractivity contribution is 0.101. The third-order valence-corrected chi connectivity index (χ3v) is 4.34. The largest absolute Gasteiger partial charge is 0.437 e. The number of halogens is 1. The van der Waals surface area contributed by atoms with Gasteiger partial charge in [-0.15, -0.1) is 5.10 Å². The first-order valence-corrected chi connectivity index (χ1v) is 8.71. The second-order valence-electron chi connectivity index (χ2n) is 7.07. The highest BCUT2D eigenvalue weighted by molar-refractivity contribution is 9.10. The van der Waals surface area contributed by atoms with E-state index in [0.717, 1.165) is 12.1 Å². The molecule has 2 heterocycles. The van der Waals surface area contributed by atoms with E-state index in [0.29, 0.717) is 21.3 Å². The van der Waals surface area contributed by atoms with E-state index >= 15 is 0 Å². The Hall–Kier alpha value is -2.28. The summed E-state index contributed by atoms with van der Waals surface area (Å²) in [5.41, 5.74) is 2.15. The number of fused-ring (bicyclic) bond motifs is 1. The van der Waals surface area contributed by atoms with Gasteiger partial charge < -0.3 is 4.74 Å². The van der Waals surface area contributed by atoms with Crippen LogP contribution in [0.2, 0.25) is 0 Å². The molecule has 0 unspecified atom stereocenters. The predicted molar refractivity (Wildman–Crippen MR) is 99.0 cm³/mol. The van der Waals surface area contributed by atoms with Crippen molar-refractivity contribution in [1.29, 1.82) is 0 Å². The van der Waals surface area contributed by atoms with Crippen molar-refractivity contribution >= 4 is 32.7 Å². The van der Waals surface area contributed by atoms with Crippen LogP contribution in [-0.4, -0.2) is 25.8 Å². The van der Waals surface area contributed by atoms with Crippen molar-refractivity contribution in [1.82, 2.24) is 20.0 Å². The van der Waals surface area contributed by atoms with Gasteiger partial charge in [-0.1, -0.05) is 26.0 Å². The fourth-order valence-electron chi connectivity index (χ4n) is 2.48. The van der Waals surface area contributed by atoms with Gasteiger partial charge in [0.15, 0.2) is 5.78 Å². The highest BCUT2D eigenvalue weighted by Crippen LogP contribution is 2.35. The van der Waals surface area contributed by atoms with Crippen LogP contribution in [-0.2, 0) is 6.54 Å². The Morgan fingerprint density at radius 3 is 2.72 bits per heavy atom. The zero-order chi connectivity index (χ0) is 18.2. The quantitative estimate of drug-likeness (QED) is 0.594. The van der Waals surface area contributed by atoms with Crippen LogP contribution in [0.4, 0.5) is 0 Å². The maximum atomic E-state index is 11.7. The third kappa shape index (κ3) is 3.71. The molecule has 0 amide bonds. The molecule has 3 rings (SSSR count). The minimum Gasteiger partial charge on any atom is -0.437 e. The average molecular weight is 403 g/mol. The topological polar surface area (TPSA) is 69.9 Å². The molecule has 3 aromatic rings. The summed E-state index contributed by atoms with van der Waals surface area (Å²) in [6.45, 7) is 8.69. The molecule has 25 heavy (non-hydrogen) atoms. The molecule has 0 saturated heterocycles. The van der Waals surface area contributed by atoms with Crippen LogP contribution in [0.15, 0.2) is 34.9 Å². The number of ketones is 1. The molecule has 130 valence electrons. The Kier molecular flexibility index (Phi) is 4.60. The first-order valence-electron chi connectivity index (χ1n) is 7.92. The normalized spacial score (nSPS) is 11.7. The number of nitrogens with zero attached hydrogens (tertiary/aromatic N) is 4. The summed E-state index contributed by atoms with van der Waals surface area (Å²) >= 11 is 3.54. The van der Waals surface area contributed by atoms with Crippen LogP contribution in [0.3, 0.4) is 0 Å². The molecular weight excluding hydrogens is 384 g/mol. The molecule has 0 bridgehead atoms. The van der Waals surface area contributed by atoms with Crippen LogP contribution < -0.4 is 4.74 Å². The molecule has 7 heteroatoms. The van der Waals surface area contributed by atoms with E-state index in [1.165, 1.54) is 6.92 Å². The molecule has 1 aromatic carbocycles. The Morgan fingerprint density at radius 1 is 1.28 bits per heavy atom. The lowest BCUT2D eigenvalue weighted by Gasteiger charge is -2.18. The summed E-state index contributed by atoms with van der Waals surface area (Å²) in [4.78, 5) is 15.9. The number of Topliss-reactive ketones (excluding diaryl/α,β-unsaturated/α-hetero) is 1. The van der Waals surface area contributed by atoms with E-state index in [9.17, 15) is 4.79 Å². The van der Waals surface area contributed by atoms with Gasteiger partial charge in [-0.2, -0.15) is 0 Å². The number of carbonyl (C=O) groups is 1. The number of hydrogen-bond acceptors (Lipinski definition) is 5. The summed E-state index contributed by atoms with van der Waals surface area (Å²) in [6.07, 6.45) is 1.59. The molecule has 0 N–H and O–H groups in total. The number of ether oxygens (including phenoxy) is 1. The summed E-state index contributed by atoms with van der Waals surface area (Å²) in [5.74, 6) is 0.713. The highest BCUT2D eigenvalue weighted by Gasteiger charge is 2.19. The van der Waals surface area contributed by atoms with E-state index < -0.39 is 0 Å². The maximum absolute atomic E-state index is 11.7. The van der Waals surface area contributed by atoms with Crippen molar-refractivity contribution in [2.45, 2.75) is 34.2 Å². The Morgan fingerprint density at radius 2 is 2.04 bits per heavy atom. The van der Waals surface area contributed by atoms with Crippen LogP contribution >= 0.6 is 15.9 Å². The molecule has 2 aromatic heterocycles. The van der Waals surface area contributed by atoms with E-state index in [1.807, 2.05) is 16.8 Å².